The van der Waals surface area contributed by atoms with Crippen molar-refractivity contribution in [2.75, 3.05) is 13.1 Å². The molecule has 0 spiro atoms. The number of nitrogens with one attached hydrogen (secondary N) is 1. The van der Waals surface area contributed by atoms with Crippen LogP contribution in [0.1, 0.15) is 86.0 Å². The number of amides is 1. The highest BCUT2D eigenvalue weighted by molar-refractivity contribution is 9.09. The number of piperidine rings is 1. The zero-order chi connectivity index (χ0) is 19.5. The highest BCUT2D eigenvalue weighted by Crippen LogP contribution is 2.23. The average Bonchev–Trinajstić information content (AvgIpc) is 2.68. The lowest BCUT2D eigenvalue weighted by molar-refractivity contribution is -0.134. The van der Waals surface area contributed by atoms with E-state index in [0.29, 0.717) is 16.8 Å². The van der Waals surface area contributed by atoms with Crippen molar-refractivity contribution < 1.29 is 4.79 Å². The second kappa shape index (κ2) is 12.8. The number of alkyl halides is 1. The summed E-state index contributed by atoms with van der Waals surface area (Å²) in [6, 6.07) is 0.405. The maximum Gasteiger partial charge on any atom is 0.231 e. The van der Waals surface area contributed by atoms with Gasteiger partial charge < -0.3 is 10.2 Å². The number of carbonyl (C=O) groups is 1. The van der Waals surface area contributed by atoms with Gasteiger partial charge in [-0.05, 0) is 64.7 Å². The Bertz CT molecular complexity index is 432. The Morgan fingerprint density at radius 1 is 1.12 bits per heavy atom. The second-order valence-electron chi connectivity index (χ2n) is 8.05. The molecule has 1 rings (SSSR count). The number of rotatable bonds is 11. The smallest absolute Gasteiger partial charge is 0.231 e. The SMILES string of the molecule is CCC(C)N/C(=C/CCCC(Br)[C@@H](C)CC)C(C)C(=O)N1CCCCC1. The number of unbranched alkanes of at least 4 members (excludes halogenated alkanes) is 1. The molecule has 1 heterocycles. The van der Waals surface area contributed by atoms with E-state index in [1.165, 1.54) is 19.3 Å². The normalized spacial score (nSPS) is 20.4. The van der Waals surface area contributed by atoms with E-state index in [-0.39, 0.29) is 5.92 Å². The lowest BCUT2D eigenvalue weighted by Gasteiger charge is -2.31. The first-order valence-corrected chi connectivity index (χ1v) is 11.7. The lowest BCUT2D eigenvalue weighted by atomic mass is 9.98. The van der Waals surface area contributed by atoms with Crippen LogP contribution in [0.15, 0.2) is 11.8 Å². The molecule has 1 saturated heterocycles. The van der Waals surface area contributed by atoms with Crippen molar-refractivity contribution in [1.29, 1.82) is 0 Å². The summed E-state index contributed by atoms with van der Waals surface area (Å²) < 4.78 is 0. The summed E-state index contributed by atoms with van der Waals surface area (Å²) in [6.07, 6.45) is 11.5. The van der Waals surface area contributed by atoms with Gasteiger partial charge in [0.2, 0.25) is 5.91 Å². The molecule has 4 atom stereocenters. The second-order valence-corrected chi connectivity index (χ2v) is 9.23. The van der Waals surface area contributed by atoms with E-state index in [4.69, 9.17) is 0 Å². The molecule has 0 radical (unpaired) electrons. The molecule has 1 aliphatic rings. The Labute approximate surface area is 170 Å². The minimum atomic E-state index is -0.0589. The van der Waals surface area contributed by atoms with Crippen LogP contribution in [0.3, 0.4) is 0 Å². The molecule has 0 aliphatic carbocycles. The molecule has 3 unspecified atom stereocenters. The van der Waals surface area contributed by atoms with Crippen LogP contribution in [0.2, 0.25) is 0 Å². The molecule has 4 heteroatoms. The van der Waals surface area contributed by atoms with Crippen molar-refractivity contribution in [2.45, 2.75) is 96.9 Å². The van der Waals surface area contributed by atoms with E-state index in [2.05, 4.69) is 66.8 Å². The zero-order valence-corrected chi connectivity index (χ0v) is 19.3. The molecule has 26 heavy (non-hydrogen) atoms. The van der Waals surface area contributed by atoms with E-state index in [1.54, 1.807) is 0 Å². The maximum atomic E-state index is 12.9. The largest absolute Gasteiger partial charge is 0.386 e. The highest BCUT2D eigenvalue weighted by atomic mass is 79.9. The molecule has 3 nitrogen and oxygen atoms in total. The summed E-state index contributed by atoms with van der Waals surface area (Å²) in [6.45, 7) is 12.9. The van der Waals surface area contributed by atoms with Crippen LogP contribution in [0.5, 0.6) is 0 Å². The van der Waals surface area contributed by atoms with Crippen molar-refractivity contribution in [1.82, 2.24) is 10.2 Å². The quantitative estimate of drug-likeness (QED) is 0.328. The number of hydrogen-bond acceptors (Lipinski definition) is 2. The van der Waals surface area contributed by atoms with Crippen LogP contribution in [0.25, 0.3) is 0 Å². The fourth-order valence-corrected chi connectivity index (χ4v) is 4.08. The van der Waals surface area contributed by atoms with Crippen LogP contribution in [-0.4, -0.2) is 34.8 Å². The summed E-state index contributed by atoms with van der Waals surface area (Å²) in [5, 5.41) is 3.61. The molecule has 1 amide bonds. The third-order valence-electron chi connectivity index (χ3n) is 5.84. The molecular formula is C22H41BrN2O. The molecule has 0 aromatic rings. The third-order valence-corrected chi connectivity index (χ3v) is 7.20. The standard InChI is InChI=1S/C22H41BrN2O/c1-6-17(3)20(23)13-9-10-14-21(24-18(4)7-2)19(5)22(26)25-15-11-8-12-16-25/h14,17-20,24H,6-13,15-16H2,1-5H3/b21-14+/t17-,18?,19?,20?/m0/s1. The molecule has 1 aliphatic heterocycles. The van der Waals surface area contributed by atoms with Gasteiger partial charge in [-0.25, -0.2) is 0 Å². The fraction of sp³-hybridized carbons (Fsp3) is 0.864. The molecule has 0 aromatic heterocycles. The first kappa shape index (κ1) is 23.5. The molecule has 1 fully saturated rings. The zero-order valence-electron chi connectivity index (χ0n) is 17.7. The van der Waals surface area contributed by atoms with Gasteiger partial charge >= 0.3 is 0 Å². The Kier molecular flexibility index (Phi) is 11.6. The first-order valence-electron chi connectivity index (χ1n) is 10.8. The number of hydrogen-bond donors (Lipinski definition) is 1. The number of nitrogens with zero attached hydrogens (tertiary/aromatic N) is 1. The monoisotopic (exact) mass is 428 g/mol. The first-order chi connectivity index (χ1) is 12.4. The van der Waals surface area contributed by atoms with Gasteiger partial charge in [0, 0.05) is 29.7 Å². The van der Waals surface area contributed by atoms with Gasteiger partial charge in [0.25, 0.3) is 0 Å². The van der Waals surface area contributed by atoms with Gasteiger partial charge in [-0.2, -0.15) is 0 Å². The van der Waals surface area contributed by atoms with Crippen molar-refractivity contribution in [3.8, 4) is 0 Å². The Hall–Kier alpha value is -0.510. The molecule has 0 aromatic carbocycles. The van der Waals surface area contributed by atoms with E-state index >= 15 is 0 Å². The average molecular weight is 429 g/mol. The molecule has 152 valence electrons. The molecular weight excluding hydrogens is 388 g/mol. The van der Waals surface area contributed by atoms with E-state index in [1.807, 2.05) is 0 Å². The molecule has 1 N–H and O–H groups in total. The van der Waals surface area contributed by atoms with Gasteiger partial charge in [0.15, 0.2) is 0 Å². The van der Waals surface area contributed by atoms with Crippen molar-refractivity contribution in [2.24, 2.45) is 11.8 Å². The van der Waals surface area contributed by atoms with E-state index in [0.717, 1.165) is 56.8 Å². The van der Waals surface area contributed by atoms with Gasteiger partial charge in [-0.15, -0.1) is 0 Å². The summed E-state index contributed by atoms with van der Waals surface area (Å²) in [5.74, 6) is 0.956. The van der Waals surface area contributed by atoms with E-state index < -0.39 is 0 Å². The van der Waals surface area contributed by atoms with E-state index in [9.17, 15) is 4.79 Å². The van der Waals surface area contributed by atoms with Crippen LogP contribution in [-0.2, 0) is 4.79 Å². The predicted molar refractivity (Wildman–Crippen MR) is 117 cm³/mol. The number of likely N-dealkylation sites (tertiary alicyclic amines) is 1. The van der Waals surface area contributed by atoms with Crippen molar-refractivity contribution in [3.63, 3.8) is 0 Å². The number of allylic oxidation sites excluding steroid dienone is 1. The number of carbonyl (C=O) groups excluding carboxylic acids is 1. The van der Waals surface area contributed by atoms with Crippen LogP contribution < -0.4 is 5.32 Å². The number of halogens is 1. The Morgan fingerprint density at radius 3 is 2.35 bits per heavy atom. The van der Waals surface area contributed by atoms with Gasteiger partial charge in [0.05, 0.1) is 5.92 Å². The van der Waals surface area contributed by atoms with Gasteiger partial charge in [-0.3, -0.25) is 4.79 Å². The third kappa shape index (κ3) is 8.02. The van der Waals surface area contributed by atoms with Crippen LogP contribution >= 0.6 is 15.9 Å². The maximum absolute atomic E-state index is 12.9. The molecule has 0 bridgehead atoms. The Morgan fingerprint density at radius 2 is 1.77 bits per heavy atom. The van der Waals surface area contributed by atoms with Crippen molar-refractivity contribution >= 4 is 21.8 Å². The molecule has 0 saturated carbocycles. The fourth-order valence-electron chi connectivity index (χ4n) is 3.38. The van der Waals surface area contributed by atoms with Crippen LogP contribution in [0, 0.1) is 11.8 Å². The summed E-state index contributed by atoms with van der Waals surface area (Å²) >= 11 is 3.83. The van der Waals surface area contributed by atoms with Crippen molar-refractivity contribution in [3.05, 3.63) is 11.8 Å². The highest BCUT2D eigenvalue weighted by Gasteiger charge is 2.25. The summed E-state index contributed by atoms with van der Waals surface area (Å²) in [5.41, 5.74) is 1.13. The summed E-state index contributed by atoms with van der Waals surface area (Å²) in [7, 11) is 0. The summed E-state index contributed by atoms with van der Waals surface area (Å²) in [4.78, 5) is 15.6. The van der Waals surface area contributed by atoms with Crippen LogP contribution in [0.4, 0.5) is 0 Å². The predicted octanol–water partition coefficient (Wildman–Crippen LogP) is 5.89. The Balaban J connectivity index is 2.65. The topological polar surface area (TPSA) is 32.3 Å². The van der Waals surface area contributed by atoms with Gasteiger partial charge in [-0.1, -0.05) is 49.2 Å². The van der Waals surface area contributed by atoms with Gasteiger partial charge in [0.1, 0.15) is 0 Å². The lowest BCUT2D eigenvalue weighted by Crippen LogP contribution is -2.42. The minimum Gasteiger partial charge on any atom is -0.386 e. The minimum absolute atomic E-state index is 0.0589.